The van der Waals surface area contributed by atoms with Gasteiger partial charge in [-0.3, -0.25) is 4.79 Å². The molecule has 3 rings (SSSR count). The van der Waals surface area contributed by atoms with Crippen molar-refractivity contribution in [2.45, 2.75) is 13.5 Å². The lowest BCUT2D eigenvalue weighted by Gasteiger charge is -2.12. The van der Waals surface area contributed by atoms with E-state index in [2.05, 4.69) is 34.2 Å². The van der Waals surface area contributed by atoms with Crippen LogP contribution in [0.2, 0.25) is 0 Å². The number of methoxy groups -OCH3 is 1. The maximum atomic E-state index is 12.1. The zero-order valence-electron chi connectivity index (χ0n) is 16.3. The van der Waals surface area contributed by atoms with Crippen LogP contribution in [0.3, 0.4) is 0 Å². The van der Waals surface area contributed by atoms with Gasteiger partial charge >= 0.3 is 0 Å². The second-order valence-corrected chi connectivity index (χ2v) is 7.37. The molecule has 0 aliphatic carbocycles. The molecule has 1 amide bonds. The van der Waals surface area contributed by atoms with Gasteiger partial charge in [0.15, 0.2) is 11.5 Å². The molecule has 0 aliphatic rings. The number of aryl methyl sites for hydroxylation is 1. The monoisotopic (exact) mass is 451 g/mol. The lowest BCUT2D eigenvalue weighted by atomic mass is 10.1. The molecule has 3 aromatic carbocycles. The molecule has 0 unspecified atom stereocenters. The summed E-state index contributed by atoms with van der Waals surface area (Å²) < 4.78 is 12.3. The van der Waals surface area contributed by atoms with Gasteiger partial charge in [-0.05, 0) is 66.1 Å². The van der Waals surface area contributed by atoms with Crippen LogP contribution in [0.25, 0.3) is 6.08 Å². The van der Waals surface area contributed by atoms with Crippen LogP contribution in [0.5, 0.6) is 11.5 Å². The summed E-state index contributed by atoms with van der Waals surface area (Å²) in [6, 6.07) is 21.1. The van der Waals surface area contributed by atoms with Crippen molar-refractivity contribution in [1.82, 2.24) is 0 Å². The second kappa shape index (κ2) is 9.94. The molecule has 0 spiro atoms. The molecule has 0 saturated heterocycles. The first-order chi connectivity index (χ1) is 14.0. The number of benzene rings is 3. The fourth-order valence-corrected chi connectivity index (χ4v) is 2.99. The van der Waals surface area contributed by atoms with E-state index in [0.29, 0.717) is 18.1 Å². The number of carbonyl (C=O) groups is 1. The lowest BCUT2D eigenvalue weighted by molar-refractivity contribution is -0.111. The molecule has 0 fully saturated rings. The quantitative estimate of drug-likeness (QED) is 0.448. The summed E-state index contributed by atoms with van der Waals surface area (Å²) in [7, 11) is 1.60. The van der Waals surface area contributed by atoms with E-state index in [1.165, 1.54) is 11.6 Å². The number of halogens is 1. The molecule has 29 heavy (non-hydrogen) atoms. The Morgan fingerprint density at radius 2 is 1.79 bits per heavy atom. The van der Waals surface area contributed by atoms with Crippen molar-refractivity contribution in [2.24, 2.45) is 0 Å². The zero-order chi connectivity index (χ0) is 20.6. The van der Waals surface area contributed by atoms with Crippen LogP contribution in [-0.2, 0) is 11.4 Å². The summed E-state index contributed by atoms with van der Waals surface area (Å²) in [6.07, 6.45) is 3.23. The Morgan fingerprint density at radius 3 is 2.52 bits per heavy atom. The van der Waals surface area contributed by atoms with Gasteiger partial charge in [-0.1, -0.05) is 46.3 Å². The van der Waals surface area contributed by atoms with E-state index in [0.717, 1.165) is 21.3 Å². The summed E-state index contributed by atoms with van der Waals surface area (Å²) in [6.45, 7) is 2.52. The van der Waals surface area contributed by atoms with E-state index in [1.54, 1.807) is 13.2 Å². The van der Waals surface area contributed by atoms with E-state index >= 15 is 0 Å². The molecular weight excluding hydrogens is 430 g/mol. The smallest absolute Gasteiger partial charge is 0.248 e. The molecule has 0 radical (unpaired) electrons. The summed E-state index contributed by atoms with van der Waals surface area (Å²) in [4.78, 5) is 12.1. The minimum Gasteiger partial charge on any atom is -0.493 e. The highest BCUT2D eigenvalue weighted by atomic mass is 79.9. The molecule has 0 atom stereocenters. The van der Waals surface area contributed by atoms with Crippen molar-refractivity contribution in [3.05, 3.63) is 94.0 Å². The number of carbonyl (C=O) groups excluding carboxylic acids is 1. The molecular formula is C24H22BrNO3. The zero-order valence-corrected chi connectivity index (χ0v) is 17.9. The second-order valence-electron chi connectivity index (χ2n) is 6.45. The number of ether oxygens (including phenoxy) is 2. The maximum Gasteiger partial charge on any atom is 0.248 e. The summed E-state index contributed by atoms with van der Waals surface area (Å²) in [5, 5.41) is 2.82. The number of rotatable bonds is 7. The van der Waals surface area contributed by atoms with E-state index in [1.807, 2.05) is 60.7 Å². The Bertz CT molecular complexity index is 1010. The summed E-state index contributed by atoms with van der Waals surface area (Å²) >= 11 is 3.37. The summed E-state index contributed by atoms with van der Waals surface area (Å²) in [5.74, 6) is 1.08. The Labute approximate surface area is 179 Å². The van der Waals surface area contributed by atoms with Crippen LogP contribution in [0.1, 0.15) is 16.7 Å². The van der Waals surface area contributed by atoms with Gasteiger partial charge in [0, 0.05) is 16.2 Å². The number of hydrogen-bond donors (Lipinski definition) is 1. The van der Waals surface area contributed by atoms with Gasteiger partial charge in [0.2, 0.25) is 5.91 Å². The first-order valence-corrected chi connectivity index (χ1v) is 9.94. The molecule has 0 heterocycles. The fraction of sp³-hybridized carbons (Fsp3) is 0.125. The van der Waals surface area contributed by atoms with Crippen molar-refractivity contribution in [2.75, 3.05) is 12.4 Å². The van der Waals surface area contributed by atoms with Crippen LogP contribution in [0, 0.1) is 6.92 Å². The van der Waals surface area contributed by atoms with Crippen LogP contribution >= 0.6 is 15.9 Å². The van der Waals surface area contributed by atoms with Gasteiger partial charge in [0.05, 0.1) is 7.11 Å². The topological polar surface area (TPSA) is 47.6 Å². The Balaban J connectivity index is 1.64. The van der Waals surface area contributed by atoms with Crippen molar-refractivity contribution in [1.29, 1.82) is 0 Å². The predicted molar refractivity (Wildman–Crippen MR) is 120 cm³/mol. The third kappa shape index (κ3) is 5.96. The predicted octanol–water partition coefficient (Wildman–Crippen LogP) is 6.00. The van der Waals surface area contributed by atoms with Crippen molar-refractivity contribution in [3.63, 3.8) is 0 Å². The molecule has 4 nitrogen and oxygen atoms in total. The molecule has 0 bridgehead atoms. The van der Waals surface area contributed by atoms with Gasteiger partial charge in [-0.2, -0.15) is 0 Å². The molecule has 0 aliphatic heterocycles. The van der Waals surface area contributed by atoms with E-state index < -0.39 is 0 Å². The molecule has 0 aromatic heterocycles. The SMILES string of the molecule is COc1cc(C=CC(=O)Nc2ccc(Br)cc2)ccc1OCc1ccccc1C. The largest absolute Gasteiger partial charge is 0.493 e. The number of hydrogen-bond acceptors (Lipinski definition) is 3. The third-order valence-electron chi connectivity index (χ3n) is 4.37. The average molecular weight is 452 g/mol. The highest BCUT2D eigenvalue weighted by molar-refractivity contribution is 9.10. The Kier molecular flexibility index (Phi) is 7.09. The minimum absolute atomic E-state index is 0.203. The van der Waals surface area contributed by atoms with Gasteiger partial charge in [-0.25, -0.2) is 0 Å². The highest BCUT2D eigenvalue weighted by Gasteiger charge is 2.07. The highest BCUT2D eigenvalue weighted by Crippen LogP contribution is 2.29. The normalized spacial score (nSPS) is 10.7. The molecule has 0 saturated carbocycles. The first kappa shape index (κ1) is 20.7. The van der Waals surface area contributed by atoms with E-state index in [9.17, 15) is 4.79 Å². The van der Waals surface area contributed by atoms with Crippen molar-refractivity contribution in [3.8, 4) is 11.5 Å². The van der Waals surface area contributed by atoms with E-state index in [-0.39, 0.29) is 5.91 Å². The van der Waals surface area contributed by atoms with Gasteiger partial charge in [0.1, 0.15) is 6.61 Å². The number of anilines is 1. The average Bonchev–Trinajstić information content (AvgIpc) is 2.73. The van der Waals surface area contributed by atoms with E-state index in [4.69, 9.17) is 9.47 Å². The Morgan fingerprint density at radius 1 is 1.03 bits per heavy atom. The fourth-order valence-electron chi connectivity index (χ4n) is 2.72. The lowest BCUT2D eigenvalue weighted by Crippen LogP contribution is -2.07. The van der Waals surface area contributed by atoms with Crippen LogP contribution in [-0.4, -0.2) is 13.0 Å². The van der Waals surface area contributed by atoms with Gasteiger partial charge in [-0.15, -0.1) is 0 Å². The first-order valence-electron chi connectivity index (χ1n) is 9.15. The number of nitrogens with one attached hydrogen (secondary N) is 1. The molecule has 3 aromatic rings. The van der Waals surface area contributed by atoms with Crippen LogP contribution < -0.4 is 14.8 Å². The third-order valence-corrected chi connectivity index (χ3v) is 4.90. The van der Waals surface area contributed by atoms with Crippen LogP contribution in [0.15, 0.2) is 77.3 Å². The molecule has 1 N–H and O–H groups in total. The van der Waals surface area contributed by atoms with Crippen molar-refractivity contribution >= 4 is 33.6 Å². The molecule has 5 heteroatoms. The van der Waals surface area contributed by atoms with Gasteiger partial charge in [0.25, 0.3) is 0 Å². The summed E-state index contributed by atoms with van der Waals surface area (Å²) in [5.41, 5.74) is 3.89. The van der Waals surface area contributed by atoms with Crippen molar-refractivity contribution < 1.29 is 14.3 Å². The minimum atomic E-state index is -0.203. The molecule has 148 valence electrons. The maximum absolute atomic E-state index is 12.1. The Hall–Kier alpha value is -3.05. The van der Waals surface area contributed by atoms with Gasteiger partial charge < -0.3 is 14.8 Å². The standard InChI is InChI=1S/C24H22BrNO3/c1-17-5-3-4-6-19(17)16-29-22-13-7-18(15-23(22)28-2)8-14-24(27)26-21-11-9-20(25)10-12-21/h3-15H,16H2,1-2H3,(H,26,27). The number of amides is 1. The van der Waals surface area contributed by atoms with Crippen LogP contribution in [0.4, 0.5) is 5.69 Å².